The molecule has 0 heterocycles. The summed E-state index contributed by atoms with van der Waals surface area (Å²) in [5.41, 5.74) is 2.49. The molecular formula is C47H78O2. The van der Waals surface area contributed by atoms with Crippen molar-refractivity contribution in [1.29, 1.82) is 0 Å². The van der Waals surface area contributed by atoms with Gasteiger partial charge in [-0.2, -0.15) is 0 Å². The lowest BCUT2D eigenvalue weighted by Gasteiger charge is -2.58. The Hall–Kier alpha value is -1.57. The molecule has 0 aromatic heterocycles. The van der Waals surface area contributed by atoms with Gasteiger partial charge in [-0.3, -0.25) is 4.79 Å². The maximum atomic E-state index is 12.8. The molecule has 0 amide bonds. The first-order chi connectivity index (χ1) is 23.7. The normalized spacial score (nSPS) is 32.1. The zero-order valence-corrected chi connectivity index (χ0v) is 33.2. The Balaban J connectivity index is 1.12. The van der Waals surface area contributed by atoms with Gasteiger partial charge in [-0.15, -0.1) is 0 Å². The first-order valence-electron chi connectivity index (χ1n) is 21.5. The summed E-state index contributed by atoms with van der Waals surface area (Å²) >= 11 is 0. The van der Waals surface area contributed by atoms with Crippen LogP contribution < -0.4 is 0 Å². The molecule has 4 unspecified atom stereocenters. The molecule has 3 fully saturated rings. The number of fused-ring (bicyclic) bond motifs is 5. The van der Waals surface area contributed by atoms with E-state index in [9.17, 15) is 4.79 Å². The lowest BCUT2D eigenvalue weighted by molar-refractivity contribution is -0.151. The van der Waals surface area contributed by atoms with E-state index in [1.807, 2.05) is 0 Å². The lowest BCUT2D eigenvalue weighted by atomic mass is 9.47. The van der Waals surface area contributed by atoms with E-state index in [1.54, 1.807) is 5.57 Å². The van der Waals surface area contributed by atoms with Gasteiger partial charge in [-0.1, -0.05) is 141 Å². The summed E-state index contributed by atoms with van der Waals surface area (Å²) in [6, 6.07) is 0. The van der Waals surface area contributed by atoms with E-state index >= 15 is 0 Å². The minimum Gasteiger partial charge on any atom is -0.462 e. The molecule has 0 radical (unpaired) electrons. The van der Waals surface area contributed by atoms with Gasteiger partial charge in [0.25, 0.3) is 0 Å². The number of carbonyl (C=O) groups excluding carboxylic acids is 1. The van der Waals surface area contributed by atoms with Crippen molar-refractivity contribution < 1.29 is 9.53 Å². The highest BCUT2D eigenvalue weighted by Gasteiger charge is 2.59. The van der Waals surface area contributed by atoms with E-state index in [0.29, 0.717) is 17.3 Å². The zero-order valence-electron chi connectivity index (χ0n) is 33.2. The summed E-state index contributed by atoms with van der Waals surface area (Å²) in [7, 11) is 0. The number of unbranched alkanes of at least 4 members (excludes halogenated alkanes) is 7. The first-order valence-corrected chi connectivity index (χ1v) is 21.5. The van der Waals surface area contributed by atoms with Crippen molar-refractivity contribution in [3.8, 4) is 0 Å². The molecule has 0 saturated heterocycles. The molecule has 0 bridgehead atoms. The molecule has 0 aliphatic heterocycles. The minimum absolute atomic E-state index is 0.0110. The van der Waals surface area contributed by atoms with E-state index in [1.165, 1.54) is 103 Å². The fourth-order valence-corrected chi connectivity index (χ4v) is 11.2. The predicted octanol–water partition coefficient (Wildman–Crippen LogP) is 14.3. The number of hydrogen-bond donors (Lipinski definition) is 0. The van der Waals surface area contributed by atoms with Crippen LogP contribution in [0.25, 0.3) is 0 Å². The van der Waals surface area contributed by atoms with Crippen LogP contribution >= 0.6 is 0 Å². The SMILES string of the molecule is CCCCCCCC/C=C\C/C=C\C/C=C\CCCC(=O)O[C@H]1CC[C@@]2(C)C(=CCC3C4CCC([C@H](C)CCCC(C)C)[C@@]4(C)CCC32)C1. The lowest BCUT2D eigenvalue weighted by Crippen LogP contribution is -2.51. The van der Waals surface area contributed by atoms with Gasteiger partial charge in [-0.25, -0.2) is 0 Å². The van der Waals surface area contributed by atoms with Gasteiger partial charge in [0, 0.05) is 12.8 Å². The summed E-state index contributed by atoms with van der Waals surface area (Å²) in [6.45, 7) is 14.9. The van der Waals surface area contributed by atoms with Gasteiger partial charge in [0.2, 0.25) is 0 Å². The Kier molecular flexibility index (Phi) is 16.8. The third-order valence-corrected chi connectivity index (χ3v) is 14.1. The van der Waals surface area contributed by atoms with Crippen molar-refractivity contribution in [1.82, 2.24) is 0 Å². The second-order valence-electron chi connectivity index (χ2n) is 18.0. The summed E-state index contributed by atoms with van der Waals surface area (Å²) in [4.78, 5) is 12.8. The van der Waals surface area contributed by atoms with Crippen LogP contribution in [0.4, 0.5) is 0 Å². The Morgan fingerprint density at radius 3 is 2.22 bits per heavy atom. The quantitative estimate of drug-likeness (QED) is 0.0688. The predicted molar refractivity (Wildman–Crippen MR) is 211 cm³/mol. The van der Waals surface area contributed by atoms with Crippen LogP contribution in [0.2, 0.25) is 0 Å². The molecule has 0 aromatic carbocycles. The molecule has 0 N–H and O–H groups in total. The summed E-state index contributed by atoms with van der Waals surface area (Å²) in [6.07, 6.45) is 44.7. The van der Waals surface area contributed by atoms with E-state index in [2.05, 4.69) is 84.1 Å². The van der Waals surface area contributed by atoms with E-state index in [0.717, 1.165) is 74.0 Å². The molecule has 4 aliphatic carbocycles. The van der Waals surface area contributed by atoms with Crippen LogP contribution in [0.3, 0.4) is 0 Å². The highest BCUT2D eigenvalue weighted by molar-refractivity contribution is 5.69. The summed E-state index contributed by atoms with van der Waals surface area (Å²) < 4.78 is 6.10. The van der Waals surface area contributed by atoms with Gasteiger partial charge in [0.15, 0.2) is 0 Å². The third kappa shape index (κ3) is 11.5. The second kappa shape index (κ2) is 20.5. The van der Waals surface area contributed by atoms with Crippen LogP contribution in [0.15, 0.2) is 48.1 Å². The van der Waals surface area contributed by atoms with Crippen molar-refractivity contribution in [2.75, 3.05) is 0 Å². The molecule has 8 atom stereocenters. The third-order valence-electron chi connectivity index (χ3n) is 14.1. The van der Waals surface area contributed by atoms with Crippen LogP contribution in [-0.2, 0) is 9.53 Å². The summed E-state index contributed by atoms with van der Waals surface area (Å²) in [5, 5.41) is 0. The van der Waals surface area contributed by atoms with E-state index in [-0.39, 0.29) is 12.1 Å². The first kappa shape index (κ1) is 40.2. The fourth-order valence-electron chi connectivity index (χ4n) is 11.2. The van der Waals surface area contributed by atoms with Crippen molar-refractivity contribution in [3.63, 3.8) is 0 Å². The van der Waals surface area contributed by atoms with Crippen molar-refractivity contribution in [2.45, 2.75) is 195 Å². The maximum absolute atomic E-state index is 12.8. The average molecular weight is 675 g/mol. The van der Waals surface area contributed by atoms with Gasteiger partial charge < -0.3 is 4.74 Å². The number of rotatable bonds is 21. The minimum atomic E-state index is 0.0110. The average Bonchev–Trinajstić information content (AvgIpc) is 3.43. The molecule has 0 aromatic rings. The highest BCUT2D eigenvalue weighted by Crippen LogP contribution is 2.67. The monoisotopic (exact) mass is 675 g/mol. The molecule has 3 saturated carbocycles. The second-order valence-corrected chi connectivity index (χ2v) is 18.0. The van der Waals surface area contributed by atoms with Gasteiger partial charge >= 0.3 is 5.97 Å². The largest absolute Gasteiger partial charge is 0.462 e. The topological polar surface area (TPSA) is 26.3 Å². The Labute approximate surface area is 304 Å². The van der Waals surface area contributed by atoms with Gasteiger partial charge in [0.1, 0.15) is 6.10 Å². The molecule has 2 nitrogen and oxygen atoms in total. The molecule has 4 rings (SSSR count). The maximum Gasteiger partial charge on any atom is 0.306 e. The van der Waals surface area contributed by atoms with Crippen molar-refractivity contribution in [3.05, 3.63) is 48.1 Å². The zero-order chi connectivity index (χ0) is 35.1. The molecule has 2 heteroatoms. The van der Waals surface area contributed by atoms with Gasteiger partial charge in [0.05, 0.1) is 0 Å². The molecule has 0 spiro atoms. The van der Waals surface area contributed by atoms with Gasteiger partial charge in [-0.05, 0) is 130 Å². The Morgan fingerprint density at radius 2 is 1.49 bits per heavy atom. The van der Waals surface area contributed by atoms with Crippen LogP contribution in [-0.4, -0.2) is 12.1 Å². The number of ether oxygens (including phenoxy) is 1. The van der Waals surface area contributed by atoms with E-state index < -0.39 is 0 Å². The number of hydrogen-bond acceptors (Lipinski definition) is 2. The Bertz CT molecular complexity index is 1090. The fraction of sp³-hybridized carbons (Fsp3) is 0.809. The van der Waals surface area contributed by atoms with Crippen LogP contribution in [0, 0.1) is 46.3 Å². The Morgan fingerprint density at radius 1 is 0.796 bits per heavy atom. The molecule has 49 heavy (non-hydrogen) atoms. The number of allylic oxidation sites excluding steroid dienone is 7. The van der Waals surface area contributed by atoms with E-state index in [4.69, 9.17) is 4.74 Å². The smallest absolute Gasteiger partial charge is 0.306 e. The summed E-state index contributed by atoms with van der Waals surface area (Å²) in [5.74, 6) is 5.22. The van der Waals surface area contributed by atoms with Crippen molar-refractivity contribution >= 4 is 5.97 Å². The number of carbonyl (C=O) groups is 1. The highest BCUT2D eigenvalue weighted by atomic mass is 16.5. The molecule has 278 valence electrons. The van der Waals surface area contributed by atoms with Crippen LogP contribution in [0.1, 0.15) is 189 Å². The van der Waals surface area contributed by atoms with Crippen LogP contribution in [0.5, 0.6) is 0 Å². The standard InChI is InChI=1S/C47H78O2/c1-7-8-9-10-11-12-13-14-15-16-17-18-19-20-21-22-23-27-45(48)49-40-32-34-46(5)39(36-40)28-29-41-43-31-30-42(38(4)26-24-25-37(2)3)47(43,6)35-33-44(41)46/h14-15,17-18,20-21,28,37-38,40-44H,7-13,16,19,22-27,29-36H2,1-6H3/b15-14-,18-17-,21-20-/t38-,40+,41?,42?,43?,44?,46+,47-/m1/s1. The molecule has 4 aliphatic rings. The number of esters is 1. The molecular weight excluding hydrogens is 597 g/mol. The van der Waals surface area contributed by atoms with Crippen molar-refractivity contribution in [2.24, 2.45) is 46.3 Å².